The smallest absolute Gasteiger partial charge is 0.223 e. The first-order chi connectivity index (χ1) is 11.1. The molecule has 5 heteroatoms. The molecule has 1 saturated heterocycles. The molecule has 0 aliphatic carbocycles. The molecule has 1 aromatic heterocycles. The van der Waals surface area contributed by atoms with Gasteiger partial charge < -0.3 is 9.32 Å². The zero-order valence-electron chi connectivity index (χ0n) is 13.3. The van der Waals surface area contributed by atoms with Crippen LogP contribution in [-0.4, -0.2) is 28.9 Å². The maximum Gasteiger partial charge on any atom is 0.223 e. The highest BCUT2D eigenvalue weighted by Crippen LogP contribution is 2.28. The Labute approximate surface area is 141 Å². The van der Waals surface area contributed by atoms with E-state index in [0.29, 0.717) is 35.4 Å². The van der Waals surface area contributed by atoms with Crippen molar-refractivity contribution < 1.29 is 9.21 Å². The molecule has 0 radical (unpaired) electrons. The van der Waals surface area contributed by atoms with E-state index in [9.17, 15) is 4.79 Å². The molecule has 1 aromatic carbocycles. The Morgan fingerprint density at radius 1 is 1.43 bits per heavy atom. The molecular weight excluding hydrogens is 312 g/mol. The van der Waals surface area contributed by atoms with E-state index in [1.807, 2.05) is 29.2 Å². The maximum atomic E-state index is 12.3. The lowest BCUT2D eigenvalue weighted by Crippen LogP contribution is -2.39. The van der Waals surface area contributed by atoms with Crippen LogP contribution in [0.5, 0.6) is 0 Å². The number of likely N-dealkylation sites (tertiary alicyclic amines) is 1. The molecule has 0 bridgehead atoms. The number of oxazole rings is 1. The van der Waals surface area contributed by atoms with E-state index in [0.717, 1.165) is 25.1 Å². The fourth-order valence-electron chi connectivity index (χ4n) is 3.00. The SMILES string of the molecule is CC1CCCN(C(=O)CCc2ncc(-c3ccccc3Cl)o2)C1. The Morgan fingerprint density at radius 2 is 2.26 bits per heavy atom. The average molecular weight is 333 g/mol. The van der Waals surface area contributed by atoms with Crippen LogP contribution in [-0.2, 0) is 11.2 Å². The maximum absolute atomic E-state index is 12.3. The molecule has 2 heterocycles. The normalized spacial score (nSPS) is 18.2. The summed E-state index contributed by atoms with van der Waals surface area (Å²) in [5, 5.41) is 0.633. The van der Waals surface area contributed by atoms with Crippen molar-refractivity contribution in [1.82, 2.24) is 9.88 Å². The molecule has 1 aliphatic heterocycles. The van der Waals surface area contributed by atoms with Crippen LogP contribution in [0.25, 0.3) is 11.3 Å². The number of carbonyl (C=O) groups is 1. The lowest BCUT2D eigenvalue weighted by Gasteiger charge is -2.30. The summed E-state index contributed by atoms with van der Waals surface area (Å²) < 4.78 is 5.74. The topological polar surface area (TPSA) is 46.3 Å². The second-order valence-corrected chi connectivity index (χ2v) is 6.59. The quantitative estimate of drug-likeness (QED) is 0.843. The summed E-state index contributed by atoms with van der Waals surface area (Å²) in [6, 6.07) is 7.50. The molecule has 2 aromatic rings. The molecule has 0 saturated carbocycles. The second-order valence-electron chi connectivity index (χ2n) is 6.19. The summed E-state index contributed by atoms with van der Waals surface area (Å²) in [7, 11) is 0. The lowest BCUT2D eigenvalue weighted by molar-refractivity contribution is -0.132. The van der Waals surface area contributed by atoms with E-state index in [1.54, 1.807) is 6.20 Å². The number of carbonyl (C=O) groups excluding carboxylic acids is 1. The summed E-state index contributed by atoms with van der Waals surface area (Å²) in [6.45, 7) is 3.94. The number of benzene rings is 1. The number of nitrogens with zero attached hydrogens (tertiary/aromatic N) is 2. The van der Waals surface area contributed by atoms with Gasteiger partial charge in [0.1, 0.15) is 0 Å². The van der Waals surface area contributed by atoms with Crippen molar-refractivity contribution in [2.45, 2.75) is 32.6 Å². The van der Waals surface area contributed by atoms with Crippen LogP contribution in [0, 0.1) is 5.92 Å². The Kier molecular flexibility index (Phi) is 5.01. The van der Waals surface area contributed by atoms with Crippen LogP contribution in [0.1, 0.15) is 32.1 Å². The molecular formula is C18H21ClN2O2. The van der Waals surface area contributed by atoms with Gasteiger partial charge in [0.25, 0.3) is 0 Å². The van der Waals surface area contributed by atoms with E-state index in [-0.39, 0.29) is 5.91 Å². The molecule has 1 unspecified atom stereocenters. The van der Waals surface area contributed by atoms with E-state index in [4.69, 9.17) is 16.0 Å². The summed E-state index contributed by atoms with van der Waals surface area (Å²) >= 11 is 6.16. The number of hydrogen-bond donors (Lipinski definition) is 0. The van der Waals surface area contributed by atoms with Crippen molar-refractivity contribution in [3.8, 4) is 11.3 Å². The first-order valence-corrected chi connectivity index (χ1v) is 8.48. The molecule has 3 rings (SSSR count). The van der Waals surface area contributed by atoms with Gasteiger partial charge in [0.2, 0.25) is 5.91 Å². The second kappa shape index (κ2) is 7.18. The standard InChI is InChI=1S/C18H21ClN2O2/c1-13-5-4-10-21(12-13)18(22)9-8-17-20-11-16(23-17)14-6-2-3-7-15(14)19/h2-3,6-7,11,13H,4-5,8-10,12H2,1H3. The van der Waals surface area contributed by atoms with Crippen molar-refractivity contribution in [1.29, 1.82) is 0 Å². The van der Waals surface area contributed by atoms with Crippen LogP contribution in [0.3, 0.4) is 0 Å². The minimum atomic E-state index is 0.189. The van der Waals surface area contributed by atoms with E-state index >= 15 is 0 Å². The van der Waals surface area contributed by atoms with Crippen LogP contribution >= 0.6 is 11.6 Å². The number of halogens is 1. The van der Waals surface area contributed by atoms with Crippen LogP contribution < -0.4 is 0 Å². The van der Waals surface area contributed by atoms with Crippen LogP contribution in [0.4, 0.5) is 0 Å². The van der Waals surface area contributed by atoms with Crippen LogP contribution in [0.2, 0.25) is 5.02 Å². The van der Waals surface area contributed by atoms with Gasteiger partial charge in [-0.25, -0.2) is 4.98 Å². The molecule has 0 N–H and O–H groups in total. The van der Waals surface area contributed by atoms with Crippen molar-refractivity contribution in [3.05, 3.63) is 41.4 Å². The molecule has 122 valence electrons. The van der Waals surface area contributed by atoms with Crippen molar-refractivity contribution in [3.63, 3.8) is 0 Å². The summed E-state index contributed by atoms with van der Waals surface area (Å²) in [5.41, 5.74) is 0.823. The Hall–Kier alpha value is -1.81. The van der Waals surface area contributed by atoms with Crippen molar-refractivity contribution in [2.75, 3.05) is 13.1 Å². The van der Waals surface area contributed by atoms with E-state index < -0.39 is 0 Å². The van der Waals surface area contributed by atoms with Crippen molar-refractivity contribution in [2.24, 2.45) is 5.92 Å². The minimum Gasteiger partial charge on any atom is -0.441 e. The van der Waals surface area contributed by atoms with E-state index in [1.165, 1.54) is 6.42 Å². The Bertz CT molecular complexity index is 683. The predicted molar refractivity (Wildman–Crippen MR) is 90.2 cm³/mol. The Morgan fingerprint density at radius 3 is 3.04 bits per heavy atom. The number of hydrogen-bond acceptors (Lipinski definition) is 3. The number of amides is 1. The lowest BCUT2D eigenvalue weighted by atomic mass is 10.00. The molecule has 1 amide bonds. The highest BCUT2D eigenvalue weighted by molar-refractivity contribution is 6.33. The number of aryl methyl sites for hydroxylation is 1. The van der Waals surface area contributed by atoms with E-state index in [2.05, 4.69) is 11.9 Å². The van der Waals surface area contributed by atoms with Gasteiger partial charge in [0.05, 0.1) is 11.2 Å². The van der Waals surface area contributed by atoms with Gasteiger partial charge in [-0.2, -0.15) is 0 Å². The predicted octanol–water partition coefficient (Wildman–Crippen LogP) is 4.19. The van der Waals surface area contributed by atoms with Gasteiger partial charge >= 0.3 is 0 Å². The highest BCUT2D eigenvalue weighted by atomic mass is 35.5. The van der Waals surface area contributed by atoms with Gasteiger partial charge in [-0.05, 0) is 30.9 Å². The van der Waals surface area contributed by atoms with Gasteiger partial charge in [-0.3, -0.25) is 4.79 Å². The fourth-order valence-corrected chi connectivity index (χ4v) is 3.23. The van der Waals surface area contributed by atoms with Gasteiger partial charge in [-0.15, -0.1) is 0 Å². The summed E-state index contributed by atoms with van der Waals surface area (Å²) in [5.74, 6) is 2.01. The first kappa shape index (κ1) is 16.1. The zero-order chi connectivity index (χ0) is 16.2. The molecule has 23 heavy (non-hydrogen) atoms. The van der Waals surface area contributed by atoms with Crippen molar-refractivity contribution >= 4 is 17.5 Å². The summed E-state index contributed by atoms with van der Waals surface area (Å²) in [4.78, 5) is 18.5. The third kappa shape index (κ3) is 3.94. The molecule has 1 aliphatic rings. The number of piperidine rings is 1. The monoisotopic (exact) mass is 332 g/mol. The largest absolute Gasteiger partial charge is 0.441 e. The van der Waals surface area contributed by atoms with Gasteiger partial charge in [0.15, 0.2) is 11.7 Å². The molecule has 1 atom stereocenters. The number of aromatic nitrogens is 1. The zero-order valence-corrected chi connectivity index (χ0v) is 14.1. The first-order valence-electron chi connectivity index (χ1n) is 8.11. The van der Waals surface area contributed by atoms with Gasteiger partial charge in [-0.1, -0.05) is 30.7 Å². The van der Waals surface area contributed by atoms with Crippen LogP contribution in [0.15, 0.2) is 34.9 Å². The third-order valence-electron chi connectivity index (χ3n) is 4.26. The minimum absolute atomic E-state index is 0.189. The highest BCUT2D eigenvalue weighted by Gasteiger charge is 2.21. The summed E-state index contributed by atoms with van der Waals surface area (Å²) in [6.07, 6.45) is 4.95. The molecule has 0 spiro atoms. The average Bonchev–Trinajstić information content (AvgIpc) is 3.02. The Balaban J connectivity index is 1.59. The fraction of sp³-hybridized carbons (Fsp3) is 0.444. The molecule has 4 nitrogen and oxygen atoms in total. The number of rotatable bonds is 4. The third-order valence-corrected chi connectivity index (χ3v) is 4.58. The molecule has 1 fully saturated rings. The van der Waals surface area contributed by atoms with Gasteiger partial charge in [0, 0.05) is 31.5 Å².